The number of aromatic nitrogens is 1. The molecule has 55 heavy (non-hydrogen) atoms. The fourth-order valence-electron chi connectivity index (χ4n) is 7.59. The summed E-state index contributed by atoms with van der Waals surface area (Å²) in [5.41, 5.74) is -5.53. The number of esters is 1. The fraction of sp³-hybridized carbons (Fsp3) is 0.564. The van der Waals surface area contributed by atoms with Crippen molar-refractivity contribution in [3.05, 3.63) is 41.6 Å². The van der Waals surface area contributed by atoms with Crippen LogP contribution in [-0.2, 0) is 30.0 Å². The van der Waals surface area contributed by atoms with E-state index in [9.17, 15) is 32.3 Å². The van der Waals surface area contributed by atoms with E-state index < -0.39 is 81.6 Å². The van der Waals surface area contributed by atoms with Crippen molar-refractivity contribution < 1.29 is 51.3 Å². The van der Waals surface area contributed by atoms with Gasteiger partial charge in [0, 0.05) is 23.8 Å². The molecule has 6 unspecified atom stereocenters. The molecule has 0 saturated carbocycles. The third-order valence-corrected chi connectivity index (χ3v) is 10.5. The van der Waals surface area contributed by atoms with Crippen molar-refractivity contribution in [2.24, 2.45) is 5.92 Å². The average molecular weight is 789 g/mol. The number of nitrogens with one attached hydrogen (secondary N) is 2. The normalized spacial score (nSPS) is 28.1. The molecule has 2 N–H and O–H groups in total. The molecular formula is C39H44ClF3N4O8. The number of ether oxygens (including phenoxy) is 4. The molecule has 1 aromatic heterocycles. The maximum atomic E-state index is 14.7. The molecule has 1 saturated heterocycles. The molecule has 1 aliphatic carbocycles. The summed E-state index contributed by atoms with van der Waals surface area (Å²) in [4.78, 5) is 60.8. The molecule has 4 heterocycles. The second kappa shape index (κ2) is 15.1. The highest BCUT2D eigenvalue weighted by Gasteiger charge is 2.58. The Kier molecular flexibility index (Phi) is 11.0. The zero-order valence-electron chi connectivity index (χ0n) is 31.2. The van der Waals surface area contributed by atoms with Gasteiger partial charge in [-0.3, -0.25) is 9.59 Å². The molecule has 0 bridgehead atoms. The quantitative estimate of drug-likeness (QED) is 0.162. The number of carbonyl (C=O) groups is 4. The van der Waals surface area contributed by atoms with Gasteiger partial charge in [-0.15, -0.1) is 11.6 Å². The Morgan fingerprint density at radius 2 is 1.93 bits per heavy atom. The van der Waals surface area contributed by atoms with E-state index in [4.69, 9.17) is 30.5 Å². The lowest BCUT2D eigenvalue weighted by Gasteiger charge is -2.39. The van der Waals surface area contributed by atoms with Crippen LogP contribution in [0.2, 0.25) is 0 Å². The minimum Gasteiger partial charge on any atom is -0.497 e. The van der Waals surface area contributed by atoms with Crippen LogP contribution in [0.3, 0.4) is 0 Å². The molecule has 4 aliphatic rings. The van der Waals surface area contributed by atoms with Crippen molar-refractivity contribution in [1.29, 1.82) is 0 Å². The Hall–Kier alpha value is -4.71. The lowest BCUT2D eigenvalue weighted by Crippen LogP contribution is -2.65. The second-order valence-corrected chi connectivity index (χ2v) is 15.8. The molecule has 1 aromatic carbocycles. The smallest absolute Gasteiger partial charge is 0.437 e. The first kappa shape index (κ1) is 40.0. The SMILES string of the molecule is CCOC(=O)C12C#CC1C=CCCCCCC(NC(=O)OC(C)(C)C)C(=O)N1CC3(CC(Cl)c4c(c(C(F)(F)F)nc5ccc(OC)cc45)O3)CC1C(=O)N2. The highest BCUT2D eigenvalue weighted by molar-refractivity contribution is 6.22. The van der Waals surface area contributed by atoms with Gasteiger partial charge in [0.2, 0.25) is 17.4 Å². The number of methoxy groups -OCH3 is 1. The van der Waals surface area contributed by atoms with Crippen molar-refractivity contribution in [3.8, 4) is 23.3 Å². The van der Waals surface area contributed by atoms with Gasteiger partial charge in [-0.2, -0.15) is 13.2 Å². The molecule has 0 radical (unpaired) electrons. The van der Waals surface area contributed by atoms with Crippen LogP contribution in [0.4, 0.5) is 18.0 Å². The lowest BCUT2D eigenvalue weighted by molar-refractivity contribution is -0.153. The number of allylic oxidation sites excluding steroid dienone is 1. The number of halogens is 4. The lowest BCUT2D eigenvalue weighted by atomic mass is 9.76. The van der Waals surface area contributed by atoms with Gasteiger partial charge in [0.1, 0.15) is 29.0 Å². The summed E-state index contributed by atoms with van der Waals surface area (Å²) >= 11 is 7.02. The maximum absolute atomic E-state index is 14.7. The Bertz CT molecular complexity index is 1970. The van der Waals surface area contributed by atoms with Gasteiger partial charge in [0.05, 0.1) is 37.1 Å². The number of alkyl halides is 4. The average Bonchev–Trinajstić information content (AvgIpc) is 3.45. The first-order valence-electron chi connectivity index (χ1n) is 18.3. The number of alkyl carbamates (subject to hydrolysis) is 1. The third-order valence-electron chi connectivity index (χ3n) is 10.1. The number of pyridine rings is 1. The Morgan fingerprint density at radius 1 is 1.16 bits per heavy atom. The summed E-state index contributed by atoms with van der Waals surface area (Å²) in [6.45, 7) is 6.25. The number of carbonyl (C=O) groups excluding carboxylic acids is 4. The van der Waals surface area contributed by atoms with Crippen LogP contribution in [0.15, 0.2) is 30.4 Å². The van der Waals surface area contributed by atoms with Crippen LogP contribution in [0, 0.1) is 17.8 Å². The Morgan fingerprint density at radius 3 is 2.58 bits per heavy atom. The van der Waals surface area contributed by atoms with Crippen LogP contribution in [0.25, 0.3) is 10.9 Å². The van der Waals surface area contributed by atoms with Crippen molar-refractivity contribution in [1.82, 2.24) is 20.5 Å². The predicted octanol–water partition coefficient (Wildman–Crippen LogP) is 6.13. The molecule has 1 spiro atoms. The largest absolute Gasteiger partial charge is 0.497 e. The van der Waals surface area contributed by atoms with Gasteiger partial charge in [0.15, 0.2) is 11.4 Å². The Labute approximate surface area is 321 Å². The molecule has 12 nitrogen and oxygen atoms in total. The number of fused-ring (bicyclic) bond motifs is 5. The van der Waals surface area contributed by atoms with E-state index >= 15 is 0 Å². The maximum Gasteiger partial charge on any atom is 0.437 e. The second-order valence-electron chi connectivity index (χ2n) is 15.3. The highest BCUT2D eigenvalue weighted by Crippen LogP contribution is 2.54. The van der Waals surface area contributed by atoms with E-state index in [1.165, 1.54) is 30.2 Å². The summed E-state index contributed by atoms with van der Waals surface area (Å²) in [5, 5.41) is 4.61. The molecular weight excluding hydrogens is 745 g/mol. The summed E-state index contributed by atoms with van der Waals surface area (Å²) in [6.07, 6.45) is 0.0769. The topological polar surface area (TPSA) is 145 Å². The van der Waals surface area contributed by atoms with E-state index in [2.05, 4.69) is 27.5 Å². The van der Waals surface area contributed by atoms with Crippen LogP contribution in [0.5, 0.6) is 11.5 Å². The molecule has 6 atom stereocenters. The monoisotopic (exact) mass is 788 g/mol. The standard InChI is InChI=1S/C39H44ClF3N4O8/c1-6-53-34(50)38-17-16-22(38)12-10-8-7-9-11-13-27(45-35(51)55-36(2,3)4)33(49)47-21-37(20-28(47)32(48)46-38)19-25(40)29-24-18-23(52-5)14-15-26(24)44-31(30(29)54-37)39(41,42)43/h10,12,14-15,18,22,25,27-28H,6-9,11,13,19-21H2,1-5H3,(H,45,51)(H,46,48). The van der Waals surface area contributed by atoms with E-state index in [0.29, 0.717) is 30.4 Å². The van der Waals surface area contributed by atoms with Gasteiger partial charge < -0.3 is 34.5 Å². The van der Waals surface area contributed by atoms with Gasteiger partial charge in [-0.05, 0) is 65.2 Å². The van der Waals surface area contributed by atoms with Gasteiger partial charge in [-0.1, -0.05) is 36.8 Å². The highest BCUT2D eigenvalue weighted by atomic mass is 35.5. The molecule has 296 valence electrons. The minimum absolute atomic E-state index is 0.00419. The van der Waals surface area contributed by atoms with Crippen LogP contribution >= 0.6 is 11.6 Å². The van der Waals surface area contributed by atoms with E-state index in [1.54, 1.807) is 33.8 Å². The molecule has 3 aliphatic heterocycles. The van der Waals surface area contributed by atoms with Crippen LogP contribution < -0.4 is 20.1 Å². The third kappa shape index (κ3) is 8.01. The molecule has 1 fully saturated rings. The van der Waals surface area contributed by atoms with E-state index in [-0.39, 0.29) is 43.5 Å². The first-order chi connectivity index (χ1) is 25.9. The number of rotatable bonds is 4. The first-order valence-corrected chi connectivity index (χ1v) is 18.7. The molecule has 2 aromatic rings. The van der Waals surface area contributed by atoms with Gasteiger partial charge in [0.25, 0.3) is 0 Å². The van der Waals surface area contributed by atoms with E-state index in [0.717, 1.165) is 6.42 Å². The number of benzene rings is 1. The summed E-state index contributed by atoms with van der Waals surface area (Å²) in [6, 6.07) is 1.84. The number of hydrogen-bond donors (Lipinski definition) is 2. The number of nitrogens with zero attached hydrogens (tertiary/aromatic N) is 2. The molecule has 16 heteroatoms. The summed E-state index contributed by atoms with van der Waals surface area (Å²) in [7, 11) is 1.42. The molecule has 3 amide bonds. The number of hydrogen-bond acceptors (Lipinski definition) is 9. The van der Waals surface area contributed by atoms with Crippen molar-refractivity contribution in [2.45, 2.75) is 113 Å². The van der Waals surface area contributed by atoms with Crippen molar-refractivity contribution in [2.75, 3.05) is 20.3 Å². The number of amides is 3. The molecule has 6 rings (SSSR count). The summed E-state index contributed by atoms with van der Waals surface area (Å²) in [5.74, 6) is 2.42. The summed E-state index contributed by atoms with van der Waals surface area (Å²) < 4.78 is 66.7. The van der Waals surface area contributed by atoms with Crippen molar-refractivity contribution >= 4 is 46.4 Å². The van der Waals surface area contributed by atoms with Crippen LogP contribution in [0.1, 0.15) is 89.3 Å². The zero-order valence-corrected chi connectivity index (χ0v) is 32.0. The minimum atomic E-state index is -4.97. The van der Waals surface area contributed by atoms with Crippen molar-refractivity contribution in [3.63, 3.8) is 0 Å². The zero-order chi connectivity index (χ0) is 39.9. The van der Waals surface area contributed by atoms with E-state index in [1.807, 2.05) is 6.08 Å². The van der Waals surface area contributed by atoms with Gasteiger partial charge in [-0.25, -0.2) is 14.6 Å². The Balaban J connectivity index is 1.44. The fourth-order valence-corrected chi connectivity index (χ4v) is 8.08. The predicted molar refractivity (Wildman–Crippen MR) is 194 cm³/mol. The van der Waals surface area contributed by atoms with Gasteiger partial charge >= 0.3 is 18.2 Å². The van der Waals surface area contributed by atoms with Crippen LogP contribution in [-0.4, -0.2) is 82.8 Å².